The van der Waals surface area contributed by atoms with Crippen LogP contribution in [0.3, 0.4) is 0 Å². The molecule has 2 rings (SSSR count). The molecule has 2 aromatic rings. The second-order valence-electron chi connectivity index (χ2n) is 4.53. The summed E-state index contributed by atoms with van der Waals surface area (Å²) in [4.78, 5) is 9.90. The van der Waals surface area contributed by atoms with Gasteiger partial charge in [0.2, 0.25) is 0 Å². The van der Waals surface area contributed by atoms with Crippen molar-refractivity contribution in [1.29, 1.82) is 0 Å². The van der Waals surface area contributed by atoms with Crippen molar-refractivity contribution in [3.8, 4) is 11.5 Å². The van der Waals surface area contributed by atoms with Gasteiger partial charge in [-0.25, -0.2) is 0 Å². The van der Waals surface area contributed by atoms with E-state index in [0.29, 0.717) is 24.7 Å². The highest BCUT2D eigenvalue weighted by Crippen LogP contribution is 2.18. The van der Waals surface area contributed by atoms with Gasteiger partial charge in [0.25, 0.3) is 5.69 Å². The summed E-state index contributed by atoms with van der Waals surface area (Å²) in [6.45, 7) is 7.88. The van der Waals surface area contributed by atoms with Crippen LogP contribution in [-0.2, 0) is 0 Å². The number of anilines is 1. The molecule has 0 saturated heterocycles. The first-order valence-corrected chi connectivity index (χ1v) is 7.14. The van der Waals surface area contributed by atoms with E-state index in [2.05, 4.69) is 13.2 Å². The van der Waals surface area contributed by atoms with Gasteiger partial charge in [-0.3, -0.25) is 10.1 Å². The van der Waals surface area contributed by atoms with Gasteiger partial charge < -0.3 is 15.2 Å². The van der Waals surface area contributed by atoms with Gasteiger partial charge in [0.1, 0.15) is 24.7 Å². The van der Waals surface area contributed by atoms with Crippen LogP contribution in [0.1, 0.15) is 0 Å². The first-order valence-electron chi connectivity index (χ1n) is 7.14. The van der Waals surface area contributed by atoms with E-state index < -0.39 is 4.92 Å². The maximum absolute atomic E-state index is 10.4. The molecule has 0 heterocycles. The molecule has 0 atom stereocenters. The Bertz CT molecular complexity index is 686. The van der Waals surface area contributed by atoms with Crippen LogP contribution < -0.4 is 15.2 Å². The Balaban J connectivity index is 0.000000243. The van der Waals surface area contributed by atoms with Gasteiger partial charge in [-0.15, -0.1) is 0 Å². The minimum Gasteiger partial charge on any atom is -0.489 e. The number of rotatable bonds is 7. The summed E-state index contributed by atoms with van der Waals surface area (Å²) in [5.41, 5.74) is 6.27. The summed E-state index contributed by atoms with van der Waals surface area (Å²) in [7, 11) is 0. The Morgan fingerprint density at radius 3 is 2.04 bits per heavy atom. The Labute approximate surface area is 141 Å². The summed E-state index contributed by atoms with van der Waals surface area (Å²) in [5.74, 6) is 1.26. The molecule has 0 spiro atoms. The number of nitrogens with two attached hydrogens (primary N) is 1. The summed E-state index contributed by atoms with van der Waals surface area (Å²) in [6, 6.07) is 13.4. The minimum absolute atomic E-state index is 0.0292. The topological polar surface area (TPSA) is 87.6 Å². The quantitative estimate of drug-likeness (QED) is 0.359. The van der Waals surface area contributed by atoms with Crippen LogP contribution in [0.2, 0.25) is 0 Å². The third-order valence-corrected chi connectivity index (χ3v) is 2.62. The van der Waals surface area contributed by atoms with Crippen molar-refractivity contribution in [2.45, 2.75) is 0 Å². The third kappa shape index (κ3) is 7.13. The highest BCUT2D eigenvalue weighted by molar-refractivity contribution is 5.43. The van der Waals surface area contributed by atoms with Crippen LogP contribution in [0, 0.1) is 10.1 Å². The molecule has 0 aromatic heterocycles. The Hall–Kier alpha value is -3.28. The lowest BCUT2D eigenvalue weighted by atomic mass is 10.3. The van der Waals surface area contributed by atoms with Crippen LogP contribution in [0.25, 0.3) is 0 Å². The number of nitro benzene ring substituents is 1. The highest BCUT2D eigenvalue weighted by atomic mass is 16.6. The van der Waals surface area contributed by atoms with Crippen molar-refractivity contribution in [3.05, 3.63) is 84.0 Å². The van der Waals surface area contributed by atoms with E-state index in [9.17, 15) is 10.1 Å². The molecule has 2 aromatic carbocycles. The van der Waals surface area contributed by atoms with Crippen LogP contribution in [0.15, 0.2) is 73.8 Å². The number of nitrogen functional groups attached to an aromatic ring is 1. The van der Waals surface area contributed by atoms with Gasteiger partial charge >= 0.3 is 0 Å². The van der Waals surface area contributed by atoms with E-state index in [-0.39, 0.29) is 5.69 Å². The molecule has 0 saturated carbocycles. The van der Waals surface area contributed by atoms with Gasteiger partial charge in [0.05, 0.1) is 11.0 Å². The molecule has 0 aliphatic heterocycles. The smallest absolute Gasteiger partial charge is 0.273 e. The highest BCUT2D eigenvalue weighted by Gasteiger charge is 2.05. The summed E-state index contributed by atoms with van der Waals surface area (Å²) < 4.78 is 10.4. The monoisotopic (exact) mass is 328 g/mol. The second kappa shape index (κ2) is 10.4. The molecule has 0 bridgehead atoms. The standard InChI is InChI=1S/C9H9NO3.C9H11NO/c1-2-6-13-9-5-3-4-8(7-9)10(11)12;1-2-6-11-9-5-3-4-8(10)7-9/h2-5,7H,1,6H2;2-5,7H,1,6,10H2. The number of nitrogens with zero attached hydrogens (tertiary/aromatic N) is 1. The third-order valence-electron chi connectivity index (χ3n) is 2.62. The van der Waals surface area contributed by atoms with Crippen molar-refractivity contribution in [1.82, 2.24) is 0 Å². The van der Waals surface area contributed by atoms with E-state index in [4.69, 9.17) is 15.2 Å². The summed E-state index contributed by atoms with van der Waals surface area (Å²) in [6.07, 6.45) is 3.28. The SMILES string of the molecule is C=CCOc1cccc(N)c1.C=CCOc1cccc([N+](=O)[O-])c1. The molecule has 0 fully saturated rings. The van der Waals surface area contributed by atoms with Crippen LogP contribution in [0.5, 0.6) is 11.5 Å². The van der Waals surface area contributed by atoms with Crippen LogP contribution in [0.4, 0.5) is 11.4 Å². The van der Waals surface area contributed by atoms with Crippen molar-refractivity contribution in [2.24, 2.45) is 0 Å². The molecule has 6 heteroatoms. The van der Waals surface area contributed by atoms with Gasteiger partial charge in [-0.05, 0) is 18.2 Å². The molecular weight excluding hydrogens is 308 g/mol. The lowest BCUT2D eigenvalue weighted by Gasteiger charge is -2.02. The molecule has 0 amide bonds. The number of non-ortho nitro benzene ring substituents is 1. The second-order valence-corrected chi connectivity index (χ2v) is 4.53. The lowest BCUT2D eigenvalue weighted by Crippen LogP contribution is -1.94. The van der Waals surface area contributed by atoms with Crippen molar-refractivity contribution >= 4 is 11.4 Å². The Morgan fingerprint density at radius 2 is 1.54 bits per heavy atom. The summed E-state index contributed by atoms with van der Waals surface area (Å²) >= 11 is 0. The van der Waals surface area contributed by atoms with Crippen molar-refractivity contribution in [2.75, 3.05) is 18.9 Å². The number of benzene rings is 2. The fourth-order valence-corrected chi connectivity index (χ4v) is 1.60. The van der Waals surface area contributed by atoms with Crippen molar-refractivity contribution < 1.29 is 14.4 Å². The molecule has 0 unspecified atom stereocenters. The maximum atomic E-state index is 10.4. The van der Waals surface area contributed by atoms with Gasteiger partial charge in [0, 0.05) is 17.8 Å². The zero-order valence-corrected chi connectivity index (χ0v) is 13.3. The lowest BCUT2D eigenvalue weighted by molar-refractivity contribution is -0.384. The summed E-state index contributed by atoms with van der Waals surface area (Å²) in [5, 5.41) is 10.4. The minimum atomic E-state index is -0.458. The molecule has 0 aliphatic rings. The fraction of sp³-hybridized carbons (Fsp3) is 0.111. The number of nitro groups is 1. The van der Waals surface area contributed by atoms with E-state index in [0.717, 1.165) is 5.75 Å². The van der Waals surface area contributed by atoms with Gasteiger partial charge in [0.15, 0.2) is 0 Å². The van der Waals surface area contributed by atoms with Crippen LogP contribution >= 0.6 is 0 Å². The predicted molar refractivity (Wildman–Crippen MR) is 95.3 cm³/mol. The van der Waals surface area contributed by atoms with E-state index in [1.54, 1.807) is 30.4 Å². The van der Waals surface area contributed by atoms with Gasteiger partial charge in [-0.1, -0.05) is 37.4 Å². The van der Waals surface area contributed by atoms with Gasteiger partial charge in [-0.2, -0.15) is 0 Å². The largest absolute Gasteiger partial charge is 0.489 e. The number of hydrogen-bond acceptors (Lipinski definition) is 5. The maximum Gasteiger partial charge on any atom is 0.273 e. The number of hydrogen-bond donors (Lipinski definition) is 1. The number of ether oxygens (including phenoxy) is 2. The average molecular weight is 328 g/mol. The predicted octanol–water partition coefficient (Wildman–Crippen LogP) is 3.99. The molecule has 2 N–H and O–H groups in total. The van der Waals surface area contributed by atoms with E-state index in [1.165, 1.54) is 12.1 Å². The Kier molecular flexibility index (Phi) is 8.17. The van der Waals surface area contributed by atoms with E-state index in [1.807, 2.05) is 18.2 Å². The first kappa shape index (κ1) is 18.8. The van der Waals surface area contributed by atoms with E-state index >= 15 is 0 Å². The fourth-order valence-electron chi connectivity index (χ4n) is 1.60. The van der Waals surface area contributed by atoms with Crippen LogP contribution in [-0.4, -0.2) is 18.1 Å². The molecule has 6 nitrogen and oxygen atoms in total. The zero-order chi connectivity index (χ0) is 17.8. The normalized spacial score (nSPS) is 9.17. The molecule has 0 radical (unpaired) electrons. The first-order chi connectivity index (χ1) is 11.6. The Morgan fingerprint density at radius 1 is 1.00 bits per heavy atom. The molecule has 126 valence electrons. The zero-order valence-electron chi connectivity index (χ0n) is 13.3. The average Bonchev–Trinajstić information content (AvgIpc) is 2.59. The molecule has 24 heavy (non-hydrogen) atoms. The molecule has 0 aliphatic carbocycles. The van der Waals surface area contributed by atoms with Crippen molar-refractivity contribution in [3.63, 3.8) is 0 Å². The molecular formula is C18H20N2O4.